The number of anilines is 1. The average molecular weight is 383 g/mol. The van der Waals surface area contributed by atoms with E-state index in [4.69, 9.17) is 4.74 Å². The van der Waals surface area contributed by atoms with Crippen molar-refractivity contribution in [2.75, 3.05) is 25.5 Å². The highest BCUT2D eigenvalue weighted by atomic mass is 16.5. The predicted octanol–water partition coefficient (Wildman–Crippen LogP) is 4.02. The van der Waals surface area contributed by atoms with Gasteiger partial charge in [0, 0.05) is 19.2 Å². The van der Waals surface area contributed by atoms with Crippen molar-refractivity contribution < 1.29 is 14.3 Å². The van der Waals surface area contributed by atoms with Gasteiger partial charge in [-0.2, -0.15) is 0 Å². The lowest BCUT2D eigenvalue weighted by Gasteiger charge is -2.21. The van der Waals surface area contributed by atoms with Crippen molar-refractivity contribution in [2.24, 2.45) is 0 Å². The van der Waals surface area contributed by atoms with E-state index in [-0.39, 0.29) is 23.8 Å². The van der Waals surface area contributed by atoms with E-state index >= 15 is 0 Å². The summed E-state index contributed by atoms with van der Waals surface area (Å²) in [6, 6.07) is 15.5. The molecular formula is C23H30N2O3. The zero-order valence-corrected chi connectivity index (χ0v) is 17.4. The molecule has 0 bridgehead atoms. The van der Waals surface area contributed by atoms with Crippen LogP contribution in [0.1, 0.15) is 38.8 Å². The fourth-order valence-electron chi connectivity index (χ4n) is 2.87. The minimum atomic E-state index is -0.204. The summed E-state index contributed by atoms with van der Waals surface area (Å²) in [4.78, 5) is 25.9. The molecule has 2 amide bonds. The first kappa shape index (κ1) is 21.5. The van der Waals surface area contributed by atoms with Gasteiger partial charge < -0.3 is 15.0 Å². The molecule has 0 atom stereocenters. The van der Waals surface area contributed by atoms with Crippen LogP contribution in [0.2, 0.25) is 0 Å². The van der Waals surface area contributed by atoms with Gasteiger partial charge in [-0.15, -0.1) is 0 Å². The first-order valence-electron chi connectivity index (χ1n) is 9.48. The van der Waals surface area contributed by atoms with Crippen molar-refractivity contribution in [3.63, 3.8) is 0 Å². The third-order valence-corrected chi connectivity index (χ3v) is 4.62. The van der Waals surface area contributed by atoms with E-state index < -0.39 is 0 Å². The molecule has 0 aromatic heterocycles. The number of nitrogens with zero attached hydrogens (tertiary/aromatic N) is 1. The summed E-state index contributed by atoms with van der Waals surface area (Å²) < 4.78 is 5.22. The molecule has 0 unspecified atom stereocenters. The number of nitrogens with one attached hydrogen (secondary N) is 1. The molecule has 150 valence electrons. The van der Waals surface area contributed by atoms with E-state index in [2.05, 4.69) is 26.1 Å². The first-order chi connectivity index (χ1) is 13.2. The normalized spacial score (nSPS) is 11.0. The van der Waals surface area contributed by atoms with Gasteiger partial charge in [0.05, 0.1) is 13.7 Å². The maximum atomic E-state index is 12.4. The number of carbonyl (C=O) groups is 2. The number of hydrogen-bond donors (Lipinski definition) is 1. The van der Waals surface area contributed by atoms with Gasteiger partial charge in [0.25, 0.3) is 0 Å². The lowest BCUT2D eigenvalue weighted by Crippen LogP contribution is -2.38. The third kappa shape index (κ3) is 6.41. The second kappa shape index (κ2) is 9.40. The van der Waals surface area contributed by atoms with Crippen molar-refractivity contribution in [1.82, 2.24) is 4.90 Å². The summed E-state index contributed by atoms with van der Waals surface area (Å²) in [6.45, 7) is 8.42. The van der Waals surface area contributed by atoms with Gasteiger partial charge in [0.2, 0.25) is 11.8 Å². The number of hydrogen-bond acceptors (Lipinski definition) is 3. The maximum absolute atomic E-state index is 12.4. The fourth-order valence-corrected chi connectivity index (χ4v) is 2.87. The van der Waals surface area contributed by atoms with Crippen molar-refractivity contribution in [3.05, 3.63) is 59.7 Å². The predicted molar refractivity (Wildman–Crippen MR) is 113 cm³/mol. The SMILES string of the molecule is COc1cccc(CCN(CC(=O)Nc2ccc(C(C)(C)C)cc2)C(C)=O)c1. The van der Waals surface area contributed by atoms with Crippen LogP contribution in [0.25, 0.3) is 0 Å². The van der Waals surface area contributed by atoms with Crippen LogP contribution in [0.15, 0.2) is 48.5 Å². The first-order valence-corrected chi connectivity index (χ1v) is 9.48. The third-order valence-electron chi connectivity index (χ3n) is 4.62. The Morgan fingerprint density at radius 1 is 1.07 bits per heavy atom. The van der Waals surface area contributed by atoms with Crippen molar-refractivity contribution >= 4 is 17.5 Å². The van der Waals surface area contributed by atoms with Gasteiger partial charge in [-0.05, 0) is 47.2 Å². The molecule has 5 heteroatoms. The van der Waals surface area contributed by atoms with Crippen LogP contribution >= 0.6 is 0 Å². The van der Waals surface area contributed by atoms with Crippen LogP contribution in [0.4, 0.5) is 5.69 Å². The summed E-state index contributed by atoms with van der Waals surface area (Å²) >= 11 is 0. The molecule has 28 heavy (non-hydrogen) atoms. The Kier molecular flexibility index (Phi) is 7.21. The molecule has 0 spiro atoms. The van der Waals surface area contributed by atoms with Gasteiger partial charge in [0.15, 0.2) is 0 Å². The summed E-state index contributed by atoms with van der Waals surface area (Å²) in [5, 5.41) is 2.87. The largest absolute Gasteiger partial charge is 0.497 e. The molecule has 0 fully saturated rings. The topological polar surface area (TPSA) is 58.6 Å². The molecule has 0 aliphatic carbocycles. The second-order valence-electron chi connectivity index (χ2n) is 7.92. The van der Waals surface area contributed by atoms with Crippen LogP contribution in [0.3, 0.4) is 0 Å². The van der Waals surface area contributed by atoms with Crippen LogP contribution in [0.5, 0.6) is 5.75 Å². The minimum Gasteiger partial charge on any atom is -0.497 e. The molecule has 0 radical (unpaired) electrons. The molecule has 2 rings (SSSR count). The number of benzene rings is 2. The number of methoxy groups -OCH3 is 1. The highest BCUT2D eigenvalue weighted by Gasteiger charge is 2.15. The fraction of sp³-hybridized carbons (Fsp3) is 0.391. The van der Waals surface area contributed by atoms with E-state index in [1.165, 1.54) is 12.5 Å². The Hall–Kier alpha value is -2.82. The summed E-state index contributed by atoms with van der Waals surface area (Å²) in [5.74, 6) is 0.453. The van der Waals surface area contributed by atoms with E-state index in [9.17, 15) is 9.59 Å². The molecular weight excluding hydrogens is 352 g/mol. The van der Waals surface area contributed by atoms with Crippen LogP contribution in [0, 0.1) is 0 Å². The minimum absolute atomic E-state index is 0.0281. The molecule has 0 aliphatic heterocycles. The lowest BCUT2D eigenvalue weighted by molar-refractivity contribution is -0.132. The van der Waals surface area contributed by atoms with Gasteiger partial charge >= 0.3 is 0 Å². The van der Waals surface area contributed by atoms with E-state index in [1.807, 2.05) is 48.5 Å². The van der Waals surface area contributed by atoms with E-state index in [0.717, 1.165) is 17.0 Å². The lowest BCUT2D eigenvalue weighted by atomic mass is 9.87. The summed E-state index contributed by atoms with van der Waals surface area (Å²) in [7, 11) is 1.62. The second-order valence-corrected chi connectivity index (χ2v) is 7.92. The molecule has 1 N–H and O–H groups in total. The molecule has 0 saturated heterocycles. The van der Waals surface area contributed by atoms with Crippen molar-refractivity contribution in [3.8, 4) is 5.75 Å². The molecule has 5 nitrogen and oxygen atoms in total. The Balaban J connectivity index is 1.93. The quantitative estimate of drug-likeness (QED) is 0.787. The van der Waals surface area contributed by atoms with Crippen LogP contribution in [-0.4, -0.2) is 36.9 Å². The zero-order chi connectivity index (χ0) is 20.7. The number of rotatable bonds is 7. The monoisotopic (exact) mass is 382 g/mol. The highest BCUT2D eigenvalue weighted by molar-refractivity contribution is 5.94. The molecule has 0 heterocycles. The number of carbonyl (C=O) groups excluding carboxylic acids is 2. The van der Waals surface area contributed by atoms with E-state index in [1.54, 1.807) is 12.0 Å². The van der Waals surface area contributed by atoms with Crippen molar-refractivity contribution in [2.45, 2.75) is 39.5 Å². The van der Waals surface area contributed by atoms with Crippen LogP contribution in [-0.2, 0) is 21.4 Å². The smallest absolute Gasteiger partial charge is 0.243 e. The number of ether oxygens (including phenoxy) is 1. The summed E-state index contributed by atoms with van der Waals surface area (Å²) in [6.07, 6.45) is 0.657. The Bertz CT molecular complexity index is 807. The summed E-state index contributed by atoms with van der Waals surface area (Å²) in [5.41, 5.74) is 3.06. The highest BCUT2D eigenvalue weighted by Crippen LogP contribution is 2.23. The van der Waals surface area contributed by atoms with Gasteiger partial charge in [-0.1, -0.05) is 45.0 Å². The molecule has 2 aromatic rings. The zero-order valence-electron chi connectivity index (χ0n) is 17.4. The molecule has 0 aliphatic rings. The molecule has 0 saturated carbocycles. The van der Waals surface area contributed by atoms with Gasteiger partial charge in [0.1, 0.15) is 5.75 Å². The maximum Gasteiger partial charge on any atom is 0.243 e. The van der Waals surface area contributed by atoms with Gasteiger partial charge in [-0.3, -0.25) is 9.59 Å². The van der Waals surface area contributed by atoms with Gasteiger partial charge in [-0.25, -0.2) is 0 Å². The Labute approximate surface area is 167 Å². The number of amides is 2. The average Bonchev–Trinajstić information content (AvgIpc) is 2.64. The molecule has 2 aromatic carbocycles. The van der Waals surface area contributed by atoms with E-state index in [0.29, 0.717) is 13.0 Å². The Morgan fingerprint density at radius 2 is 1.75 bits per heavy atom. The Morgan fingerprint density at radius 3 is 2.32 bits per heavy atom. The van der Waals surface area contributed by atoms with Crippen LogP contribution < -0.4 is 10.1 Å². The van der Waals surface area contributed by atoms with Crippen molar-refractivity contribution in [1.29, 1.82) is 0 Å². The standard InChI is InChI=1S/C23H30N2O3/c1-17(26)25(14-13-18-7-6-8-21(15-18)28-5)16-22(27)24-20-11-9-19(10-12-20)23(2,3)4/h6-12,15H,13-14,16H2,1-5H3,(H,24,27).